The van der Waals surface area contributed by atoms with Crippen LogP contribution in [-0.2, 0) is 0 Å². The van der Waals surface area contributed by atoms with E-state index in [9.17, 15) is 0 Å². The van der Waals surface area contributed by atoms with E-state index in [1.54, 1.807) is 19.2 Å². The largest absolute Gasteiger partial charge is 0.332 e. The Bertz CT molecular complexity index is 337. The predicted octanol–water partition coefficient (Wildman–Crippen LogP) is 0.768. The van der Waals surface area contributed by atoms with E-state index in [2.05, 4.69) is 20.3 Å². The fourth-order valence-electron chi connectivity index (χ4n) is 0.781. The zero-order chi connectivity index (χ0) is 7.68. The van der Waals surface area contributed by atoms with Gasteiger partial charge in [-0.25, -0.2) is 0 Å². The fraction of sp³-hybridized carbons (Fsp3) is 0.167. The first-order chi connectivity index (χ1) is 5.36. The summed E-state index contributed by atoms with van der Waals surface area (Å²) in [5.74, 6) is 1.09. The van der Waals surface area contributed by atoms with Crippen LogP contribution in [0.1, 0.15) is 5.82 Å². The number of rotatable bonds is 1. The second-order valence-electron chi connectivity index (χ2n) is 2.12. The number of H-pyrrole nitrogens is 1. The fourth-order valence-corrected chi connectivity index (χ4v) is 0.781. The van der Waals surface area contributed by atoms with Gasteiger partial charge in [-0.2, -0.15) is 10.1 Å². The van der Waals surface area contributed by atoms with Crippen LogP contribution in [-0.4, -0.2) is 20.3 Å². The molecule has 0 radical (unpaired) electrons. The maximum Gasteiger partial charge on any atom is 0.275 e. The van der Waals surface area contributed by atoms with Crippen LogP contribution in [0, 0.1) is 6.92 Å². The third-order valence-electron chi connectivity index (χ3n) is 1.26. The van der Waals surface area contributed by atoms with Crippen LogP contribution in [0.4, 0.5) is 0 Å². The molecule has 0 fully saturated rings. The van der Waals surface area contributed by atoms with E-state index >= 15 is 0 Å². The first-order valence-corrected chi connectivity index (χ1v) is 3.16. The summed E-state index contributed by atoms with van der Waals surface area (Å²) in [6.07, 6.45) is 1.63. The van der Waals surface area contributed by atoms with Gasteiger partial charge in [0.15, 0.2) is 5.82 Å². The Morgan fingerprint density at radius 3 is 3.00 bits per heavy atom. The third kappa shape index (κ3) is 1.000. The summed E-state index contributed by atoms with van der Waals surface area (Å²) in [6.45, 7) is 1.77. The standard InChI is InChI=1S/C6H6N4O/c1-4-8-6(11-10-4)5-2-3-7-9-5/h2-3H,1H3,(H,7,9). The molecular weight excluding hydrogens is 144 g/mol. The van der Waals surface area contributed by atoms with Crippen LogP contribution in [0.2, 0.25) is 0 Å². The van der Waals surface area contributed by atoms with Crippen molar-refractivity contribution in [2.45, 2.75) is 6.92 Å². The number of aromatic nitrogens is 4. The highest BCUT2D eigenvalue weighted by atomic mass is 16.5. The van der Waals surface area contributed by atoms with Gasteiger partial charge in [0.1, 0.15) is 5.69 Å². The van der Waals surface area contributed by atoms with Gasteiger partial charge in [-0.1, -0.05) is 5.16 Å². The number of aryl methyl sites for hydroxylation is 1. The number of aromatic amines is 1. The van der Waals surface area contributed by atoms with Gasteiger partial charge < -0.3 is 4.52 Å². The molecule has 0 saturated carbocycles. The van der Waals surface area contributed by atoms with Crippen molar-refractivity contribution in [3.63, 3.8) is 0 Å². The summed E-state index contributed by atoms with van der Waals surface area (Å²) < 4.78 is 4.88. The molecule has 56 valence electrons. The molecule has 2 rings (SSSR count). The van der Waals surface area contributed by atoms with Crippen molar-refractivity contribution >= 4 is 0 Å². The summed E-state index contributed by atoms with van der Waals surface area (Å²) in [4.78, 5) is 4.00. The summed E-state index contributed by atoms with van der Waals surface area (Å²) in [5, 5.41) is 10.1. The van der Waals surface area contributed by atoms with Crippen LogP contribution in [0.5, 0.6) is 0 Å². The van der Waals surface area contributed by atoms with Crippen LogP contribution in [0.25, 0.3) is 11.6 Å². The molecule has 0 saturated heterocycles. The summed E-state index contributed by atoms with van der Waals surface area (Å²) in [7, 11) is 0. The van der Waals surface area contributed by atoms with Crippen molar-refractivity contribution in [1.82, 2.24) is 20.3 Å². The van der Waals surface area contributed by atoms with Gasteiger partial charge in [0.25, 0.3) is 5.89 Å². The first kappa shape index (κ1) is 6.09. The molecule has 0 atom stereocenters. The van der Waals surface area contributed by atoms with E-state index in [-0.39, 0.29) is 0 Å². The maximum atomic E-state index is 4.88. The van der Waals surface area contributed by atoms with E-state index in [1.807, 2.05) is 0 Å². The lowest BCUT2D eigenvalue weighted by molar-refractivity contribution is 0.424. The second-order valence-corrected chi connectivity index (χ2v) is 2.12. The van der Waals surface area contributed by atoms with Gasteiger partial charge in [0, 0.05) is 6.20 Å². The molecular formula is C6H6N4O. The minimum Gasteiger partial charge on any atom is -0.332 e. The van der Waals surface area contributed by atoms with Crippen molar-refractivity contribution in [3.05, 3.63) is 18.1 Å². The molecule has 11 heavy (non-hydrogen) atoms. The Balaban J connectivity index is 2.45. The highest BCUT2D eigenvalue weighted by Crippen LogP contribution is 2.11. The van der Waals surface area contributed by atoms with E-state index < -0.39 is 0 Å². The molecule has 0 aliphatic carbocycles. The lowest BCUT2D eigenvalue weighted by atomic mass is 10.4. The maximum absolute atomic E-state index is 4.88. The van der Waals surface area contributed by atoms with Crippen LogP contribution in [0.3, 0.4) is 0 Å². The monoisotopic (exact) mass is 150 g/mol. The Labute approximate surface area is 62.4 Å². The zero-order valence-electron chi connectivity index (χ0n) is 5.90. The van der Waals surface area contributed by atoms with Gasteiger partial charge in [-0.05, 0) is 13.0 Å². The van der Waals surface area contributed by atoms with Gasteiger partial charge in [0.2, 0.25) is 0 Å². The number of hydrogen-bond acceptors (Lipinski definition) is 4. The molecule has 0 aromatic carbocycles. The molecule has 0 aliphatic rings. The topological polar surface area (TPSA) is 67.6 Å². The SMILES string of the molecule is Cc1noc(-c2ccn[nH]2)n1. The highest BCUT2D eigenvalue weighted by Gasteiger charge is 2.05. The molecule has 0 bridgehead atoms. The Morgan fingerprint density at radius 2 is 2.45 bits per heavy atom. The quantitative estimate of drug-likeness (QED) is 0.651. The van der Waals surface area contributed by atoms with E-state index in [0.29, 0.717) is 11.7 Å². The van der Waals surface area contributed by atoms with Gasteiger partial charge in [-0.15, -0.1) is 0 Å². The molecule has 1 N–H and O–H groups in total. The van der Waals surface area contributed by atoms with E-state index in [4.69, 9.17) is 4.52 Å². The zero-order valence-corrected chi connectivity index (χ0v) is 5.90. The van der Waals surface area contributed by atoms with Gasteiger partial charge in [-0.3, -0.25) is 5.10 Å². The van der Waals surface area contributed by atoms with Crippen molar-refractivity contribution in [2.75, 3.05) is 0 Å². The molecule has 0 unspecified atom stereocenters. The van der Waals surface area contributed by atoms with Crippen LogP contribution in [0.15, 0.2) is 16.8 Å². The van der Waals surface area contributed by atoms with E-state index in [1.165, 1.54) is 0 Å². The lowest BCUT2D eigenvalue weighted by Crippen LogP contribution is -1.77. The molecule has 2 aromatic heterocycles. The molecule has 2 heterocycles. The van der Waals surface area contributed by atoms with Crippen molar-refractivity contribution in [1.29, 1.82) is 0 Å². The predicted molar refractivity (Wildman–Crippen MR) is 36.6 cm³/mol. The van der Waals surface area contributed by atoms with E-state index in [0.717, 1.165) is 5.69 Å². The lowest BCUT2D eigenvalue weighted by Gasteiger charge is -1.81. The number of hydrogen-bond donors (Lipinski definition) is 1. The third-order valence-corrected chi connectivity index (χ3v) is 1.26. The average molecular weight is 150 g/mol. The first-order valence-electron chi connectivity index (χ1n) is 3.16. The highest BCUT2D eigenvalue weighted by molar-refractivity contribution is 5.44. The summed E-state index contributed by atoms with van der Waals surface area (Å²) in [5.41, 5.74) is 0.741. The number of nitrogens with one attached hydrogen (secondary N) is 1. The summed E-state index contributed by atoms with van der Waals surface area (Å²) >= 11 is 0. The summed E-state index contributed by atoms with van der Waals surface area (Å²) in [6, 6.07) is 1.77. The average Bonchev–Trinajstić information content (AvgIpc) is 2.55. The Hall–Kier alpha value is -1.65. The number of nitrogens with zero attached hydrogens (tertiary/aromatic N) is 3. The Kier molecular flexibility index (Phi) is 1.21. The normalized spacial score (nSPS) is 10.3. The second kappa shape index (κ2) is 2.19. The minimum atomic E-state index is 0.472. The van der Waals surface area contributed by atoms with Gasteiger partial charge >= 0.3 is 0 Å². The molecule has 0 amide bonds. The smallest absolute Gasteiger partial charge is 0.275 e. The van der Waals surface area contributed by atoms with Crippen LogP contribution >= 0.6 is 0 Å². The molecule has 0 spiro atoms. The van der Waals surface area contributed by atoms with Crippen molar-refractivity contribution in [3.8, 4) is 11.6 Å². The van der Waals surface area contributed by atoms with Crippen LogP contribution < -0.4 is 0 Å². The molecule has 0 aliphatic heterocycles. The van der Waals surface area contributed by atoms with Crippen molar-refractivity contribution in [2.24, 2.45) is 0 Å². The molecule has 5 heteroatoms. The Morgan fingerprint density at radius 1 is 1.55 bits per heavy atom. The molecule has 5 nitrogen and oxygen atoms in total. The minimum absolute atomic E-state index is 0.472. The molecule has 2 aromatic rings. The van der Waals surface area contributed by atoms with Crippen molar-refractivity contribution < 1.29 is 4.52 Å². The van der Waals surface area contributed by atoms with Gasteiger partial charge in [0.05, 0.1) is 0 Å².